The molecule has 1 fully saturated rings. The Morgan fingerprint density at radius 2 is 2.33 bits per heavy atom. The van der Waals surface area contributed by atoms with Gasteiger partial charge in [-0.05, 0) is 38.6 Å². The third-order valence-electron chi connectivity index (χ3n) is 3.91. The Bertz CT molecular complexity index is 549. The largest absolute Gasteiger partial charge is 0.304 e. The lowest BCUT2D eigenvalue weighted by molar-refractivity contribution is 0.182. The summed E-state index contributed by atoms with van der Waals surface area (Å²) < 4.78 is 2.15. The second kappa shape index (κ2) is 4.90. The maximum Gasteiger partial charge on any atom is 0.114 e. The number of hydrogen-bond acceptors (Lipinski definition) is 2. The lowest BCUT2D eigenvalue weighted by Crippen LogP contribution is -2.38. The summed E-state index contributed by atoms with van der Waals surface area (Å²) in [5, 5.41) is 0.767. The molecule has 0 saturated carbocycles. The predicted octanol–water partition coefficient (Wildman–Crippen LogP) is 3.01. The molecule has 1 aliphatic heterocycles. The molecule has 1 aliphatic rings. The molecule has 0 radical (unpaired) electrons. The Hall–Kier alpha value is -1.06. The molecule has 0 aliphatic carbocycles. The minimum atomic E-state index is 0.625. The van der Waals surface area contributed by atoms with Crippen molar-refractivity contribution in [2.24, 2.45) is 0 Å². The van der Waals surface area contributed by atoms with Crippen LogP contribution in [0.3, 0.4) is 0 Å². The highest BCUT2D eigenvalue weighted by Crippen LogP contribution is 2.20. The van der Waals surface area contributed by atoms with Crippen molar-refractivity contribution in [1.29, 1.82) is 0 Å². The minimum Gasteiger partial charge on any atom is -0.304 e. The molecule has 0 amide bonds. The number of rotatable bonds is 2. The highest BCUT2D eigenvalue weighted by Gasteiger charge is 2.20. The number of likely N-dealkylation sites (N-methyl/N-ethyl adjacent to an activating group) is 1. The predicted molar refractivity (Wildman–Crippen MR) is 74.2 cm³/mol. The molecule has 1 saturated heterocycles. The molecule has 4 heteroatoms. The fourth-order valence-electron chi connectivity index (χ4n) is 2.79. The molecule has 1 unspecified atom stereocenters. The number of piperidine rings is 1. The van der Waals surface area contributed by atoms with Gasteiger partial charge in [0.1, 0.15) is 5.82 Å². The van der Waals surface area contributed by atoms with Crippen LogP contribution in [0, 0.1) is 0 Å². The van der Waals surface area contributed by atoms with E-state index >= 15 is 0 Å². The van der Waals surface area contributed by atoms with Gasteiger partial charge in [-0.25, -0.2) is 4.98 Å². The first kappa shape index (κ1) is 12.0. The number of hydrogen-bond donors (Lipinski definition) is 0. The fraction of sp³-hybridized carbons (Fsp3) is 0.500. The van der Waals surface area contributed by atoms with E-state index in [9.17, 15) is 0 Å². The molecule has 0 N–H and O–H groups in total. The van der Waals surface area contributed by atoms with Crippen molar-refractivity contribution in [2.75, 3.05) is 13.6 Å². The van der Waals surface area contributed by atoms with Crippen molar-refractivity contribution in [3.05, 3.63) is 35.4 Å². The lowest BCUT2D eigenvalue weighted by Gasteiger charge is -2.32. The molecule has 0 spiro atoms. The molecule has 18 heavy (non-hydrogen) atoms. The van der Waals surface area contributed by atoms with E-state index in [4.69, 9.17) is 11.6 Å². The molecule has 2 aromatic heterocycles. The van der Waals surface area contributed by atoms with Crippen LogP contribution in [0.1, 0.15) is 25.1 Å². The van der Waals surface area contributed by atoms with Gasteiger partial charge in [-0.3, -0.25) is 0 Å². The van der Waals surface area contributed by atoms with Crippen molar-refractivity contribution in [3.63, 3.8) is 0 Å². The molecule has 3 rings (SSSR count). The van der Waals surface area contributed by atoms with E-state index in [0.717, 1.165) is 22.8 Å². The average Bonchev–Trinajstić information content (AvgIpc) is 2.74. The summed E-state index contributed by atoms with van der Waals surface area (Å²) in [5.41, 5.74) is 1.08. The minimum absolute atomic E-state index is 0.625. The summed E-state index contributed by atoms with van der Waals surface area (Å²) in [6.07, 6.45) is 8.88. The number of likely N-dealkylation sites (tertiary alicyclic amines) is 1. The molecule has 0 aromatic carbocycles. The van der Waals surface area contributed by atoms with Crippen molar-refractivity contribution in [2.45, 2.75) is 31.7 Å². The van der Waals surface area contributed by atoms with Gasteiger partial charge in [0.25, 0.3) is 0 Å². The van der Waals surface area contributed by atoms with Crippen LogP contribution in [0.25, 0.3) is 5.52 Å². The summed E-state index contributed by atoms with van der Waals surface area (Å²) in [6, 6.07) is 4.51. The van der Waals surface area contributed by atoms with Gasteiger partial charge in [0, 0.05) is 23.7 Å². The lowest BCUT2D eigenvalue weighted by atomic mass is 10.00. The van der Waals surface area contributed by atoms with Crippen LogP contribution >= 0.6 is 11.6 Å². The summed E-state index contributed by atoms with van der Waals surface area (Å²) in [4.78, 5) is 7.00. The van der Waals surface area contributed by atoms with Crippen LogP contribution in [0.5, 0.6) is 0 Å². The number of aromatic nitrogens is 2. The first-order valence-corrected chi connectivity index (χ1v) is 6.93. The van der Waals surface area contributed by atoms with E-state index in [0.29, 0.717) is 6.04 Å². The van der Waals surface area contributed by atoms with Gasteiger partial charge in [-0.2, -0.15) is 0 Å². The van der Waals surface area contributed by atoms with E-state index in [-0.39, 0.29) is 0 Å². The number of pyridine rings is 1. The smallest absolute Gasteiger partial charge is 0.114 e. The van der Waals surface area contributed by atoms with Gasteiger partial charge in [-0.1, -0.05) is 18.0 Å². The van der Waals surface area contributed by atoms with Gasteiger partial charge in [-0.15, -0.1) is 0 Å². The molecule has 96 valence electrons. The third kappa shape index (κ3) is 2.25. The molecule has 2 aromatic rings. The Labute approximate surface area is 112 Å². The Balaban J connectivity index is 1.86. The van der Waals surface area contributed by atoms with Gasteiger partial charge in [0.05, 0.1) is 11.7 Å². The monoisotopic (exact) mass is 263 g/mol. The highest BCUT2D eigenvalue weighted by molar-refractivity contribution is 6.30. The van der Waals surface area contributed by atoms with E-state index in [1.54, 1.807) is 0 Å². The number of halogens is 1. The van der Waals surface area contributed by atoms with E-state index in [2.05, 4.69) is 21.3 Å². The van der Waals surface area contributed by atoms with Crippen LogP contribution in [0.15, 0.2) is 24.5 Å². The second-order valence-corrected chi connectivity index (χ2v) is 5.59. The number of nitrogens with zero attached hydrogens (tertiary/aromatic N) is 3. The van der Waals surface area contributed by atoms with Crippen LogP contribution < -0.4 is 0 Å². The van der Waals surface area contributed by atoms with Crippen LogP contribution in [-0.2, 0) is 6.42 Å². The van der Waals surface area contributed by atoms with Gasteiger partial charge < -0.3 is 9.30 Å². The topological polar surface area (TPSA) is 20.5 Å². The zero-order valence-corrected chi connectivity index (χ0v) is 11.4. The van der Waals surface area contributed by atoms with Crippen LogP contribution in [0.4, 0.5) is 0 Å². The maximum absolute atomic E-state index is 5.99. The van der Waals surface area contributed by atoms with E-state index in [1.807, 2.05) is 24.5 Å². The summed E-state index contributed by atoms with van der Waals surface area (Å²) in [5.74, 6) is 1.14. The normalized spacial score (nSPS) is 21.6. The first-order valence-electron chi connectivity index (χ1n) is 6.56. The average molecular weight is 264 g/mol. The Kier molecular flexibility index (Phi) is 3.27. The maximum atomic E-state index is 5.99. The van der Waals surface area contributed by atoms with Gasteiger partial charge in [0.15, 0.2) is 0 Å². The van der Waals surface area contributed by atoms with E-state index in [1.165, 1.54) is 25.8 Å². The van der Waals surface area contributed by atoms with Crippen LogP contribution in [-0.4, -0.2) is 33.9 Å². The zero-order valence-electron chi connectivity index (χ0n) is 10.6. The summed E-state index contributed by atoms with van der Waals surface area (Å²) in [7, 11) is 2.22. The Morgan fingerprint density at radius 1 is 1.44 bits per heavy atom. The standard InChI is InChI=1S/C14H18ClN3/c1-17-6-3-2-4-12(17)9-14-16-10-13-8-11(15)5-7-18(13)14/h5,7-8,10,12H,2-4,6,9H2,1H3. The summed E-state index contributed by atoms with van der Waals surface area (Å²) >= 11 is 5.99. The quantitative estimate of drug-likeness (QED) is 0.830. The van der Waals surface area contributed by atoms with Crippen molar-refractivity contribution in [3.8, 4) is 0 Å². The van der Waals surface area contributed by atoms with Crippen molar-refractivity contribution in [1.82, 2.24) is 14.3 Å². The Morgan fingerprint density at radius 3 is 3.17 bits per heavy atom. The molecule has 3 nitrogen and oxygen atoms in total. The second-order valence-electron chi connectivity index (χ2n) is 5.15. The van der Waals surface area contributed by atoms with Crippen LogP contribution in [0.2, 0.25) is 5.02 Å². The zero-order chi connectivity index (χ0) is 12.5. The molecule has 0 bridgehead atoms. The van der Waals surface area contributed by atoms with Gasteiger partial charge in [0.2, 0.25) is 0 Å². The van der Waals surface area contributed by atoms with Gasteiger partial charge >= 0.3 is 0 Å². The highest BCUT2D eigenvalue weighted by atomic mass is 35.5. The van der Waals surface area contributed by atoms with Crippen molar-refractivity contribution < 1.29 is 0 Å². The SMILES string of the molecule is CN1CCCCC1Cc1ncc2cc(Cl)ccn12. The van der Waals surface area contributed by atoms with Crippen molar-refractivity contribution >= 4 is 17.1 Å². The molecular weight excluding hydrogens is 246 g/mol. The van der Waals surface area contributed by atoms with E-state index < -0.39 is 0 Å². The number of fused-ring (bicyclic) bond motifs is 1. The number of imidazole rings is 1. The third-order valence-corrected chi connectivity index (χ3v) is 4.15. The molecular formula is C14H18ClN3. The molecule has 1 atom stereocenters. The summed E-state index contributed by atoms with van der Waals surface area (Å²) in [6.45, 7) is 1.21. The molecule has 3 heterocycles. The first-order chi connectivity index (χ1) is 8.74. The fourth-order valence-corrected chi connectivity index (χ4v) is 2.96.